The summed E-state index contributed by atoms with van der Waals surface area (Å²) in [5, 5.41) is 6.85. The first-order valence-electron chi connectivity index (χ1n) is 4.05. The predicted octanol–water partition coefficient (Wildman–Crippen LogP) is 1.24. The van der Waals surface area contributed by atoms with Crippen LogP contribution >= 0.6 is 15.9 Å². The van der Waals surface area contributed by atoms with Gasteiger partial charge >= 0.3 is 0 Å². The van der Waals surface area contributed by atoms with Gasteiger partial charge in [-0.05, 0) is 29.8 Å². The van der Waals surface area contributed by atoms with Gasteiger partial charge < -0.3 is 5.32 Å². The van der Waals surface area contributed by atoms with Crippen molar-refractivity contribution in [3.8, 4) is 0 Å². The summed E-state index contributed by atoms with van der Waals surface area (Å²) < 4.78 is 2.34. The monoisotopic (exact) mass is 245 g/mol. The fourth-order valence-electron chi connectivity index (χ4n) is 1.12. The minimum atomic E-state index is -0.0996. The van der Waals surface area contributed by atoms with E-state index in [0.29, 0.717) is 12.2 Å². The number of aromatic nitrogens is 2. The zero-order valence-electron chi connectivity index (χ0n) is 7.89. The minimum Gasteiger partial charge on any atom is -0.351 e. The molecule has 0 aliphatic carbocycles. The summed E-state index contributed by atoms with van der Waals surface area (Å²) in [6, 6.07) is 0. The minimum absolute atomic E-state index is 0.0996. The first-order chi connectivity index (χ1) is 6.07. The van der Waals surface area contributed by atoms with Gasteiger partial charge in [0.15, 0.2) is 0 Å². The van der Waals surface area contributed by atoms with Crippen molar-refractivity contribution < 1.29 is 4.79 Å². The summed E-state index contributed by atoms with van der Waals surface area (Å²) in [6.45, 7) is 4.36. The van der Waals surface area contributed by atoms with E-state index in [9.17, 15) is 4.79 Å². The second-order valence-electron chi connectivity index (χ2n) is 2.73. The predicted molar refractivity (Wildman–Crippen MR) is 53.7 cm³/mol. The highest BCUT2D eigenvalue weighted by Crippen LogP contribution is 2.19. The molecule has 1 rings (SSSR count). The molecule has 0 atom stereocenters. The number of hydrogen-bond donors (Lipinski definition) is 1. The van der Waals surface area contributed by atoms with E-state index >= 15 is 0 Å². The average Bonchev–Trinajstić information content (AvgIpc) is 2.27. The maximum absolute atomic E-state index is 11.5. The van der Waals surface area contributed by atoms with E-state index < -0.39 is 0 Å². The van der Waals surface area contributed by atoms with Crippen LogP contribution in [-0.2, 0) is 7.05 Å². The number of nitrogens with one attached hydrogen (secondary N) is 1. The Labute approximate surface area is 85.4 Å². The molecule has 0 aromatic carbocycles. The van der Waals surface area contributed by atoms with Crippen LogP contribution in [0.25, 0.3) is 0 Å². The van der Waals surface area contributed by atoms with Crippen LogP contribution in [-0.4, -0.2) is 22.2 Å². The lowest BCUT2D eigenvalue weighted by Crippen LogP contribution is -2.25. The Morgan fingerprint density at radius 3 is 2.69 bits per heavy atom. The Kier molecular flexibility index (Phi) is 3.08. The molecule has 0 bridgehead atoms. The van der Waals surface area contributed by atoms with E-state index in [1.54, 1.807) is 11.7 Å². The Hall–Kier alpha value is -0.840. The molecule has 0 saturated carbocycles. The van der Waals surface area contributed by atoms with E-state index in [4.69, 9.17) is 0 Å². The quantitative estimate of drug-likeness (QED) is 0.853. The number of nitrogens with zero attached hydrogens (tertiary/aromatic N) is 2. The van der Waals surface area contributed by atoms with Gasteiger partial charge in [-0.3, -0.25) is 9.48 Å². The molecule has 1 amide bonds. The second kappa shape index (κ2) is 3.91. The van der Waals surface area contributed by atoms with Crippen molar-refractivity contribution in [1.82, 2.24) is 15.1 Å². The average molecular weight is 246 g/mol. The number of carbonyl (C=O) groups excluding carboxylic acids is 1. The van der Waals surface area contributed by atoms with Gasteiger partial charge in [-0.1, -0.05) is 0 Å². The molecule has 0 aliphatic heterocycles. The smallest absolute Gasteiger partial charge is 0.270 e. The van der Waals surface area contributed by atoms with Crippen LogP contribution in [0, 0.1) is 6.92 Å². The Morgan fingerprint density at radius 2 is 2.31 bits per heavy atom. The Morgan fingerprint density at radius 1 is 1.69 bits per heavy atom. The van der Waals surface area contributed by atoms with Gasteiger partial charge in [0.05, 0.1) is 10.2 Å². The van der Waals surface area contributed by atoms with Crippen LogP contribution in [0.3, 0.4) is 0 Å². The van der Waals surface area contributed by atoms with Gasteiger partial charge in [0.25, 0.3) is 5.91 Å². The SMILES string of the molecule is CCNC(=O)c1c(Br)c(C)nn1C. The Bertz CT molecular complexity index is 332. The van der Waals surface area contributed by atoms with Crippen LogP contribution < -0.4 is 5.32 Å². The molecule has 4 nitrogen and oxygen atoms in total. The van der Waals surface area contributed by atoms with Gasteiger partial charge in [-0.2, -0.15) is 5.10 Å². The highest BCUT2D eigenvalue weighted by atomic mass is 79.9. The van der Waals surface area contributed by atoms with Crippen molar-refractivity contribution in [3.63, 3.8) is 0 Å². The highest BCUT2D eigenvalue weighted by molar-refractivity contribution is 9.10. The van der Waals surface area contributed by atoms with Crippen LogP contribution in [0.4, 0.5) is 0 Å². The molecular formula is C8H12BrN3O. The molecule has 5 heteroatoms. The lowest BCUT2D eigenvalue weighted by Gasteiger charge is -2.02. The zero-order valence-corrected chi connectivity index (χ0v) is 9.47. The van der Waals surface area contributed by atoms with Crippen LogP contribution in [0.15, 0.2) is 4.47 Å². The number of amides is 1. The first kappa shape index (κ1) is 10.2. The van der Waals surface area contributed by atoms with Crippen molar-refractivity contribution in [2.24, 2.45) is 7.05 Å². The standard InChI is InChI=1S/C8H12BrN3O/c1-4-10-8(13)7-6(9)5(2)11-12(7)3/h4H2,1-3H3,(H,10,13). The topological polar surface area (TPSA) is 46.9 Å². The summed E-state index contributed by atoms with van der Waals surface area (Å²) in [6.07, 6.45) is 0. The van der Waals surface area contributed by atoms with Gasteiger partial charge in [-0.25, -0.2) is 0 Å². The largest absolute Gasteiger partial charge is 0.351 e. The fraction of sp³-hybridized carbons (Fsp3) is 0.500. The van der Waals surface area contributed by atoms with Crippen molar-refractivity contribution >= 4 is 21.8 Å². The lowest BCUT2D eigenvalue weighted by molar-refractivity contribution is 0.0945. The summed E-state index contributed by atoms with van der Waals surface area (Å²) in [4.78, 5) is 11.5. The second-order valence-corrected chi connectivity index (χ2v) is 3.52. The van der Waals surface area contributed by atoms with Gasteiger partial charge in [0, 0.05) is 13.6 Å². The molecular weight excluding hydrogens is 234 g/mol. The maximum atomic E-state index is 11.5. The van der Waals surface area contributed by atoms with E-state index in [0.717, 1.165) is 10.2 Å². The normalized spacial score (nSPS) is 10.2. The molecule has 13 heavy (non-hydrogen) atoms. The van der Waals surface area contributed by atoms with Crippen molar-refractivity contribution in [2.45, 2.75) is 13.8 Å². The third-order valence-electron chi connectivity index (χ3n) is 1.70. The number of halogens is 1. The van der Waals surface area contributed by atoms with Gasteiger partial charge in [-0.15, -0.1) is 0 Å². The number of hydrogen-bond acceptors (Lipinski definition) is 2. The molecule has 1 aromatic heterocycles. The number of rotatable bonds is 2. The van der Waals surface area contributed by atoms with Crippen LogP contribution in [0.1, 0.15) is 23.1 Å². The maximum Gasteiger partial charge on any atom is 0.270 e. The molecule has 72 valence electrons. The molecule has 1 N–H and O–H groups in total. The highest BCUT2D eigenvalue weighted by Gasteiger charge is 2.16. The van der Waals surface area contributed by atoms with E-state index in [1.807, 2.05) is 13.8 Å². The van der Waals surface area contributed by atoms with Gasteiger partial charge in [0.2, 0.25) is 0 Å². The van der Waals surface area contributed by atoms with Gasteiger partial charge in [0.1, 0.15) is 5.69 Å². The third kappa shape index (κ3) is 1.91. The van der Waals surface area contributed by atoms with Crippen molar-refractivity contribution in [2.75, 3.05) is 6.54 Å². The van der Waals surface area contributed by atoms with Crippen molar-refractivity contribution in [1.29, 1.82) is 0 Å². The van der Waals surface area contributed by atoms with E-state index in [-0.39, 0.29) is 5.91 Å². The molecule has 1 aromatic rings. The molecule has 0 saturated heterocycles. The molecule has 0 fully saturated rings. The van der Waals surface area contributed by atoms with Crippen molar-refractivity contribution in [3.05, 3.63) is 15.9 Å². The Balaban J connectivity index is 3.06. The first-order valence-corrected chi connectivity index (χ1v) is 4.84. The molecule has 0 unspecified atom stereocenters. The van der Waals surface area contributed by atoms with E-state index in [1.165, 1.54) is 0 Å². The summed E-state index contributed by atoms with van der Waals surface area (Å²) >= 11 is 3.33. The summed E-state index contributed by atoms with van der Waals surface area (Å²) in [5.41, 5.74) is 1.39. The number of aryl methyl sites for hydroxylation is 2. The third-order valence-corrected chi connectivity index (χ3v) is 2.65. The molecule has 0 aliphatic rings. The summed E-state index contributed by atoms with van der Waals surface area (Å²) in [5.74, 6) is -0.0996. The van der Waals surface area contributed by atoms with E-state index in [2.05, 4.69) is 26.3 Å². The fourth-order valence-corrected chi connectivity index (χ4v) is 1.64. The molecule has 0 radical (unpaired) electrons. The number of carbonyl (C=O) groups is 1. The lowest BCUT2D eigenvalue weighted by atomic mass is 10.3. The van der Waals surface area contributed by atoms with Crippen LogP contribution in [0.5, 0.6) is 0 Å². The molecule has 1 heterocycles. The summed E-state index contributed by atoms with van der Waals surface area (Å²) in [7, 11) is 1.75. The van der Waals surface area contributed by atoms with Crippen LogP contribution in [0.2, 0.25) is 0 Å². The zero-order chi connectivity index (χ0) is 10.0. The molecule has 0 spiro atoms.